The molecular weight excluding hydrogens is 314 g/mol. The molecule has 0 atom stereocenters. The van der Waals surface area contributed by atoms with Crippen molar-refractivity contribution in [3.63, 3.8) is 0 Å². The zero-order chi connectivity index (χ0) is 18.8. The molecule has 0 aliphatic heterocycles. The average molecular weight is 343 g/mol. The summed E-state index contributed by atoms with van der Waals surface area (Å²) in [5, 5.41) is 12.5. The molecule has 1 saturated carbocycles. The summed E-state index contributed by atoms with van der Waals surface area (Å²) in [6, 6.07) is 4.08. The van der Waals surface area contributed by atoms with Crippen LogP contribution in [0.4, 0.5) is 0 Å². The van der Waals surface area contributed by atoms with Crippen LogP contribution in [-0.2, 0) is 17.4 Å². The van der Waals surface area contributed by atoms with Crippen molar-refractivity contribution in [1.29, 1.82) is 0 Å². The Morgan fingerprint density at radius 1 is 1.36 bits per heavy atom. The fourth-order valence-corrected chi connectivity index (χ4v) is 3.35. The van der Waals surface area contributed by atoms with Gasteiger partial charge in [-0.3, -0.25) is 0 Å². The molecule has 0 saturated heterocycles. The number of benzene rings is 1. The van der Waals surface area contributed by atoms with E-state index in [2.05, 4.69) is 23.0 Å². The maximum Gasteiger partial charge on any atom is 0.331 e. The van der Waals surface area contributed by atoms with E-state index in [1.807, 2.05) is 33.9 Å². The first-order chi connectivity index (χ1) is 11.9. The Labute approximate surface area is 149 Å². The van der Waals surface area contributed by atoms with E-state index in [1.54, 1.807) is 13.0 Å². The highest BCUT2D eigenvalue weighted by Crippen LogP contribution is 2.41. The molecule has 5 heteroatoms. The zero-order valence-electron chi connectivity index (χ0n) is 16.1. The molecule has 3 rings (SSSR count). The number of carbonyl (C=O) groups is 1. The van der Waals surface area contributed by atoms with Gasteiger partial charge in [0.15, 0.2) is 0 Å². The van der Waals surface area contributed by atoms with Crippen LogP contribution >= 0.6 is 0 Å². The highest BCUT2D eigenvalue weighted by atomic mass is 16.4. The molecule has 25 heavy (non-hydrogen) atoms. The van der Waals surface area contributed by atoms with Crippen LogP contribution in [0.25, 0.3) is 17.1 Å². The Balaban J connectivity index is 0.00000109. The van der Waals surface area contributed by atoms with Crippen molar-refractivity contribution in [2.45, 2.75) is 52.5 Å². The lowest BCUT2D eigenvalue weighted by molar-refractivity contribution is -0.132. The molecule has 1 aliphatic carbocycles. The van der Waals surface area contributed by atoms with Crippen LogP contribution in [0.5, 0.6) is 0 Å². The third kappa shape index (κ3) is 3.33. The smallest absolute Gasteiger partial charge is 0.331 e. The van der Waals surface area contributed by atoms with Gasteiger partial charge in [0.05, 0.1) is 16.6 Å². The number of carboxylic acids is 1. The van der Waals surface area contributed by atoms with Crippen LogP contribution in [0.15, 0.2) is 17.7 Å². The second-order valence-electron chi connectivity index (χ2n) is 6.51. The summed E-state index contributed by atoms with van der Waals surface area (Å²) in [4.78, 5) is 15.9. The molecule has 0 bridgehead atoms. The third-order valence-electron chi connectivity index (χ3n) is 5.09. The summed E-state index contributed by atoms with van der Waals surface area (Å²) in [5.74, 6) is 0.173. The van der Waals surface area contributed by atoms with Crippen molar-refractivity contribution in [2.75, 3.05) is 7.05 Å². The molecule has 1 aromatic carbocycles. The van der Waals surface area contributed by atoms with E-state index in [0.29, 0.717) is 5.57 Å². The summed E-state index contributed by atoms with van der Waals surface area (Å²) in [6.07, 6.45) is 5.13. The van der Waals surface area contributed by atoms with Crippen molar-refractivity contribution < 1.29 is 9.90 Å². The van der Waals surface area contributed by atoms with Crippen molar-refractivity contribution in [3.05, 3.63) is 34.7 Å². The minimum Gasteiger partial charge on any atom is -0.478 e. The number of aromatic nitrogens is 2. The molecule has 0 amide bonds. The van der Waals surface area contributed by atoms with Crippen LogP contribution in [0, 0.1) is 6.92 Å². The Bertz CT molecular complexity index is 808. The number of nitrogens with zero attached hydrogens (tertiary/aromatic N) is 2. The Morgan fingerprint density at radius 3 is 2.48 bits per heavy atom. The van der Waals surface area contributed by atoms with Crippen LogP contribution in [0.3, 0.4) is 0 Å². The zero-order valence-corrected chi connectivity index (χ0v) is 16.1. The van der Waals surface area contributed by atoms with E-state index in [0.717, 1.165) is 40.8 Å². The van der Waals surface area contributed by atoms with E-state index in [-0.39, 0.29) is 5.54 Å². The van der Waals surface area contributed by atoms with Gasteiger partial charge in [0.1, 0.15) is 5.82 Å². The van der Waals surface area contributed by atoms with Gasteiger partial charge in [-0.05, 0) is 69.5 Å². The Kier molecular flexibility index (Phi) is 5.68. The second kappa shape index (κ2) is 7.40. The van der Waals surface area contributed by atoms with Gasteiger partial charge in [-0.2, -0.15) is 0 Å². The van der Waals surface area contributed by atoms with Gasteiger partial charge in [0.2, 0.25) is 0 Å². The number of fused-ring (bicyclic) bond motifs is 1. The quantitative estimate of drug-likeness (QED) is 0.824. The minimum absolute atomic E-state index is 0.0192. The Hall–Kier alpha value is -2.14. The number of aliphatic carboxylic acids is 1. The summed E-state index contributed by atoms with van der Waals surface area (Å²) in [6.45, 7) is 7.62. The first kappa shape index (κ1) is 19.2. The van der Waals surface area contributed by atoms with Crippen molar-refractivity contribution in [2.24, 2.45) is 7.05 Å². The van der Waals surface area contributed by atoms with Crippen LogP contribution in [-0.4, -0.2) is 27.7 Å². The van der Waals surface area contributed by atoms with E-state index in [4.69, 9.17) is 10.1 Å². The average Bonchev–Trinajstić information content (AvgIpc) is 2.86. The standard InChI is InChI=1S/C18H23N3O2.C2H6/c1-11-9-15-14(10-13(11)8-12(2)16(22)23)20-17(21(15)4)18(19-3)6-5-7-18;1-2/h8-10,19H,5-7H2,1-4H3,(H,22,23);1-2H3/b12-8+;. The van der Waals surface area contributed by atoms with E-state index >= 15 is 0 Å². The topological polar surface area (TPSA) is 67.2 Å². The maximum absolute atomic E-state index is 11.1. The van der Waals surface area contributed by atoms with Crippen molar-refractivity contribution in [3.8, 4) is 0 Å². The summed E-state index contributed by atoms with van der Waals surface area (Å²) < 4.78 is 2.16. The lowest BCUT2D eigenvalue weighted by Gasteiger charge is -2.40. The highest BCUT2D eigenvalue weighted by Gasteiger charge is 2.41. The molecule has 0 spiro atoms. The molecule has 136 valence electrons. The molecule has 1 aliphatic rings. The van der Waals surface area contributed by atoms with Gasteiger partial charge in [-0.15, -0.1) is 0 Å². The minimum atomic E-state index is -0.894. The summed E-state index contributed by atoms with van der Waals surface area (Å²) in [5.41, 5.74) is 4.28. The van der Waals surface area contributed by atoms with E-state index in [9.17, 15) is 4.79 Å². The van der Waals surface area contributed by atoms with Crippen LogP contribution < -0.4 is 5.32 Å². The molecule has 0 unspecified atom stereocenters. The first-order valence-electron chi connectivity index (χ1n) is 8.96. The lowest BCUT2D eigenvalue weighted by Crippen LogP contribution is -2.47. The van der Waals surface area contributed by atoms with Crippen molar-refractivity contribution in [1.82, 2.24) is 14.9 Å². The third-order valence-corrected chi connectivity index (χ3v) is 5.09. The largest absolute Gasteiger partial charge is 0.478 e. The molecular formula is C20H29N3O2. The highest BCUT2D eigenvalue weighted by molar-refractivity contribution is 5.92. The number of imidazole rings is 1. The molecule has 1 fully saturated rings. The van der Waals surface area contributed by atoms with Crippen molar-refractivity contribution >= 4 is 23.1 Å². The van der Waals surface area contributed by atoms with E-state index in [1.165, 1.54) is 6.42 Å². The SMILES string of the molecule is CC.CNC1(c2nc3cc(/C=C(\C)C(=O)O)c(C)cc3n2C)CCC1. The molecule has 5 nitrogen and oxygen atoms in total. The van der Waals surface area contributed by atoms with Gasteiger partial charge in [0.25, 0.3) is 0 Å². The lowest BCUT2D eigenvalue weighted by atomic mass is 9.76. The molecule has 2 N–H and O–H groups in total. The van der Waals surface area contributed by atoms with Gasteiger partial charge in [-0.25, -0.2) is 9.78 Å². The fourth-order valence-electron chi connectivity index (χ4n) is 3.35. The van der Waals surface area contributed by atoms with Gasteiger partial charge in [-0.1, -0.05) is 13.8 Å². The number of hydrogen-bond donors (Lipinski definition) is 2. The number of nitrogens with one attached hydrogen (secondary N) is 1. The first-order valence-corrected chi connectivity index (χ1v) is 8.96. The predicted molar refractivity (Wildman–Crippen MR) is 103 cm³/mol. The summed E-state index contributed by atoms with van der Waals surface area (Å²) >= 11 is 0. The van der Waals surface area contributed by atoms with Gasteiger partial charge >= 0.3 is 5.97 Å². The van der Waals surface area contributed by atoms with Crippen LogP contribution in [0.1, 0.15) is 57.0 Å². The molecule has 2 aromatic rings. The second-order valence-corrected chi connectivity index (χ2v) is 6.51. The maximum atomic E-state index is 11.1. The number of carboxylic acid groups (broad SMARTS) is 1. The van der Waals surface area contributed by atoms with Gasteiger partial charge < -0.3 is 15.0 Å². The monoisotopic (exact) mass is 343 g/mol. The molecule has 1 heterocycles. The van der Waals surface area contributed by atoms with E-state index < -0.39 is 5.97 Å². The number of aryl methyl sites for hydroxylation is 2. The van der Waals surface area contributed by atoms with Crippen LogP contribution in [0.2, 0.25) is 0 Å². The van der Waals surface area contributed by atoms with Gasteiger partial charge in [0, 0.05) is 12.6 Å². The predicted octanol–water partition coefficient (Wildman–Crippen LogP) is 3.99. The summed E-state index contributed by atoms with van der Waals surface area (Å²) in [7, 11) is 4.05. The number of rotatable bonds is 4. The fraction of sp³-hybridized carbons (Fsp3) is 0.500. The normalized spacial score (nSPS) is 16.2. The molecule has 1 aromatic heterocycles. The number of hydrogen-bond acceptors (Lipinski definition) is 3. The Morgan fingerprint density at radius 2 is 2.00 bits per heavy atom. The molecule has 0 radical (unpaired) electrons.